The maximum atomic E-state index is 4.72. The first-order valence-electron chi connectivity index (χ1n) is 8.48. The van der Waals surface area contributed by atoms with Crippen molar-refractivity contribution in [1.29, 1.82) is 0 Å². The van der Waals surface area contributed by atoms with Gasteiger partial charge in [-0.05, 0) is 53.3 Å². The second-order valence-electron chi connectivity index (χ2n) is 6.36. The Kier molecular flexibility index (Phi) is 4.66. The first-order chi connectivity index (χ1) is 12.6. The molecule has 134 valence electrons. The molecule has 0 bridgehead atoms. The predicted molar refractivity (Wildman–Crippen MR) is 113 cm³/mol. The molecule has 0 saturated heterocycles. The van der Waals surface area contributed by atoms with Crippen LogP contribution in [0.4, 0.5) is 29.0 Å². The van der Waals surface area contributed by atoms with Crippen LogP contribution in [-0.4, -0.2) is 40.4 Å². The third kappa shape index (κ3) is 3.46. The summed E-state index contributed by atoms with van der Waals surface area (Å²) in [7, 11) is 4.05. The molecule has 1 aliphatic rings. The number of aromatic nitrogens is 4. The molecule has 1 aliphatic heterocycles. The molecule has 4 rings (SSSR count). The highest BCUT2D eigenvalue weighted by Crippen LogP contribution is 2.29. The van der Waals surface area contributed by atoms with Gasteiger partial charge in [0.1, 0.15) is 15.3 Å². The molecule has 0 saturated carbocycles. The second kappa shape index (κ2) is 7.10. The number of anilines is 5. The van der Waals surface area contributed by atoms with Gasteiger partial charge in [0, 0.05) is 50.8 Å². The van der Waals surface area contributed by atoms with Gasteiger partial charge in [-0.2, -0.15) is 10.1 Å². The largest absolute Gasteiger partial charge is 0.378 e. The molecule has 26 heavy (non-hydrogen) atoms. The van der Waals surface area contributed by atoms with Crippen molar-refractivity contribution in [2.45, 2.75) is 13.0 Å². The summed E-state index contributed by atoms with van der Waals surface area (Å²) in [5.74, 6) is 2.55. The van der Waals surface area contributed by atoms with Crippen molar-refractivity contribution in [3.05, 3.63) is 46.3 Å². The highest BCUT2D eigenvalue weighted by molar-refractivity contribution is 14.1. The van der Waals surface area contributed by atoms with Gasteiger partial charge in [0.25, 0.3) is 0 Å². The highest BCUT2D eigenvalue weighted by Gasteiger charge is 2.21. The van der Waals surface area contributed by atoms with Gasteiger partial charge >= 0.3 is 0 Å². The summed E-state index contributed by atoms with van der Waals surface area (Å²) in [4.78, 5) is 13.4. The van der Waals surface area contributed by atoms with E-state index in [9.17, 15) is 0 Å². The fourth-order valence-corrected chi connectivity index (χ4v) is 3.57. The van der Waals surface area contributed by atoms with E-state index < -0.39 is 0 Å². The van der Waals surface area contributed by atoms with Crippen LogP contribution < -0.4 is 15.1 Å². The van der Waals surface area contributed by atoms with Crippen LogP contribution >= 0.6 is 22.6 Å². The molecular formula is C18H20IN7. The molecule has 1 aromatic carbocycles. The number of nitrogens with zero attached hydrogens (tertiary/aromatic N) is 6. The van der Waals surface area contributed by atoms with Crippen molar-refractivity contribution >= 4 is 51.5 Å². The van der Waals surface area contributed by atoms with Crippen LogP contribution in [0.25, 0.3) is 0 Å². The van der Waals surface area contributed by atoms with Crippen LogP contribution in [0.1, 0.15) is 6.42 Å². The minimum Gasteiger partial charge on any atom is -0.378 e. The SMILES string of the molecule is CN(C)c1cccc(Nc2nccc(N3CCCn4nc(I)cc43)n2)c1. The third-order valence-electron chi connectivity index (χ3n) is 4.29. The molecular weight excluding hydrogens is 441 g/mol. The number of halogens is 1. The maximum Gasteiger partial charge on any atom is 0.229 e. The Morgan fingerprint density at radius 1 is 1.15 bits per heavy atom. The van der Waals surface area contributed by atoms with Gasteiger partial charge in [0.2, 0.25) is 5.95 Å². The summed E-state index contributed by atoms with van der Waals surface area (Å²) in [6.07, 6.45) is 2.84. The van der Waals surface area contributed by atoms with Crippen LogP contribution in [0.15, 0.2) is 42.6 Å². The van der Waals surface area contributed by atoms with E-state index in [2.05, 4.69) is 66.0 Å². The van der Waals surface area contributed by atoms with Gasteiger partial charge in [-0.1, -0.05) is 6.07 Å². The Morgan fingerprint density at radius 2 is 2.04 bits per heavy atom. The maximum absolute atomic E-state index is 4.72. The molecule has 0 unspecified atom stereocenters. The minimum atomic E-state index is 0.588. The zero-order chi connectivity index (χ0) is 18.1. The lowest BCUT2D eigenvalue weighted by Crippen LogP contribution is -2.28. The summed E-state index contributed by atoms with van der Waals surface area (Å²) < 4.78 is 3.04. The lowest BCUT2D eigenvalue weighted by Gasteiger charge is -2.28. The van der Waals surface area contributed by atoms with Gasteiger partial charge in [0.05, 0.1) is 0 Å². The fraction of sp³-hybridized carbons (Fsp3) is 0.278. The summed E-state index contributed by atoms with van der Waals surface area (Å²) in [6.45, 7) is 1.87. The van der Waals surface area contributed by atoms with Crippen molar-refractivity contribution < 1.29 is 0 Å². The molecule has 0 aliphatic carbocycles. The molecule has 3 aromatic rings. The Hall–Kier alpha value is -2.36. The second-order valence-corrected chi connectivity index (χ2v) is 7.47. The molecule has 0 atom stereocenters. The topological polar surface area (TPSA) is 62.1 Å². The Labute approximate surface area is 166 Å². The molecule has 3 heterocycles. The van der Waals surface area contributed by atoms with E-state index in [4.69, 9.17) is 4.98 Å². The number of benzene rings is 1. The zero-order valence-corrected chi connectivity index (χ0v) is 16.9. The van der Waals surface area contributed by atoms with Crippen LogP contribution in [0, 0.1) is 3.70 Å². The number of hydrogen-bond donors (Lipinski definition) is 1. The summed E-state index contributed by atoms with van der Waals surface area (Å²) in [5, 5.41) is 7.85. The first kappa shape index (κ1) is 17.1. The standard InChI is InChI=1S/C18H20IN7/c1-24(2)14-6-3-5-13(11-14)21-18-20-8-7-16(22-18)25-9-4-10-26-17(25)12-15(19)23-26/h3,5-8,11-12H,4,9-10H2,1-2H3,(H,20,21,22). The third-order valence-corrected chi connectivity index (χ3v) is 4.82. The smallest absolute Gasteiger partial charge is 0.229 e. The molecule has 0 radical (unpaired) electrons. The van der Waals surface area contributed by atoms with Crippen LogP contribution in [-0.2, 0) is 6.54 Å². The van der Waals surface area contributed by atoms with E-state index in [1.54, 1.807) is 6.20 Å². The van der Waals surface area contributed by atoms with Gasteiger partial charge in [-0.25, -0.2) is 9.67 Å². The minimum absolute atomic E-state index is 0.588. The van der Waals surface area contributed by atoms with E-state index >= 15 is 0 Å². The number of hydrogen-bond acceptors (Lipinski definition) is 6. The number of aryl methyl sites for hydroxylation is 1. The molecule has 2 aromatic heterocycles. The van der Waals surface area contributed by atoms with E-state index in [1.807, 2.05) is 37.0 Å². The highest BCUT2D eigenvalue weighted by atomic mass is 127. The normalized spacial score (nSPS) is 13.4. The average molecular weight is 461 g/mol. The molecule has 0 spiro atoms. The van der Waals surface area contributed by atoms with E-state index in [1.165, 1.54) is 0 Å². The van der Waals surface area contributed by atoms with Crippen LogP contribution in [0.2, 0.25) is 0 Å². The van der Waals surface area contributed by atoms with Crippen molar-refractivity contribution in [3.8, 4) is 0 Å². The summed E-state index contributed by atoms with van der Waals surface area (Å²) in [6, 6.07) is 12.2. The quantitative estimate of drug-likeness (QED) is 0.599. The number of nitrogens with one attached hydrogen (secondary N) is 1. The van der Waals surface area contributed by atoms with Crippen molar-refractivity contribution in [2.75, 3.05) is 35.8 Å². The van der Waals surface area contributed by atoms with Crippen molar-refractivity contribution in [2.24, 2.45) is 0 Å². The van der Waals surface area contributed by atoms with Crippen LogP contribution in [0.3, 0.4) is 0 Å². The first-order valence-corrected chi connectivity index (χ1v) is 9.56. The summed E-state index contributed by atoms with van der Waals surface area (Å²) >= 11 is 2.25. The lowest BCUT2D eigenvalue weighted by atomic mass is 10.2. The molecule has 1 N–H and O–H groups in total. The van der Waals surface area contributed by atoms with Gasteiger partial charge < -0.3 is 15.1 Å². The average Bonchev–Trinajstić information content (AvgIpc) is 3.02. The van der Waals surface area contributed by atoms with Crippen LogP contribution in [0.5, 0.6) is 0 Å². The monoisotopic (exact) mass is 461 g/mol. The Balaban J connectivity index is 1.61. The van der Waals surface area contributed by atoms with Crippen molar-refractivity contribution in [3.63, 3.8) is 0 Å². The fourth-order valence-electron chi connectivity index (χ4n) is 3.03. The van der Waals surface area contributed by atoms with E-state index in [0.717, 1.165) is 46.2 Å². The lowest BCUT2D eigenvalue weighted by molar-refractivity contribution is 0.538. The van der Waals surface area contributed by atoms with E-state index in [0.29, 0.717) is 5.95 Å². The zero-order valence-electron chi connectivity index (χ0n) is 14.7. The molecule has 0 amide bonds. The number of fused-ring (bicyclic) bond motifs is 1. The predicted octanol–water partition coefficient (Wildman–Crippen LogP) is 3.63. The summed E-state index contributed by atoms with van der Waals surface area (Å²) in [5.41, 5.74) is 2.09. The van der Waals surface area contributed by atoms with Crippen molar-refractivity contribution in [1.82, 2.24) is 19.7 Å². The van der Waals surface area contributed by atoms with Gasteiger partial charge in [-0.3, -0.25) is 0 Å². The van der Waals surface area contributed by atoms with Gasteiger partial charge in [0.15, 0.2) is 0 Å². The van der Waals surface area contributed by atoms with E-state index in [-0.39, 0.29) is 0 Å². The van der Waals surface area contributed by atoms with Gasteiger partial charge in [-0.15, -0.1) is 0 Å². The Morgan fingerprint density at radius 3 is 2.88 bits per heavy atom. The Bertz CT molecular complexity index is 921. The number of rotatable bonds is 4. The molecule has 8 heteroatoms. The molecule has 0 fully saturated rings. The molecule has 7 nitrogen and oxygen atoms in total.